The van der Waals surface area contributed by atoms with Crippen molar-refractivity contribution in [2.75, 3.05) is 4.90 Å². The van der Waals surface area contributed by atoms with E-state index in [0.717, 1.165) is 11.0 Å². The van der Waals surface area contributed by atoms with E-state index in [1.165, 1.54) is 24.3 Å². The van der Waals surface area contributed by atoms with Gasteiger partial charge in [-0.2, -0.15) is 0 Å². The van der Waals surface area contributed by atoms with Crippen LogP contribution in [0.5, 0.6) is 5.75 Å². The number of carbonyl (C=O) groups is 2. The lowest BCUT2D eigenvalue weighted by molar-refractivity contribution is -0.384. The maximum atomic E-state index is 12.7. The number of anilines is 1. The van der Waals surface area contributed by atoms with Crippen LogP contribution in [0.2, 0.25) is 0 Å². The average Bonchev–Trinajstić information content (AvgIpc) is 3.03. The van der Waals surface area contributed by atoms with E-state index in [1.807, 2.05) is 0 Å². The number of hydrogen-bond acceptors (Lipinski definition) is 7. The van der Waals surface area contributed by atoms with Gasteiger partial charge in [0.15, 0.2) is 5.75 Å². The average molecular weight is 402 g/mol. The fraction of sp³-hybridized carbons (Fsp3) is 0.0476. The zero-order chi connectivity index (χ0) is 21.3. The fourth-order valence-electron chi connectivity index (χ4n) is 3.03. The van der Waals surface area contributed by atoms with Crippen LogP contribution < -0.4 is 9.74 Å². The highest BCUT2D eigenvalue weighted by atomic mass is 16.6. The van der Waals surface area contributed by atoms with Crippen LogP contribution in [-0.4, -0.2) is 27.4 Å². The van der Waals surface area contributed by atoms with E-state index in [9.17, 15) is 19.7 Å². The number of nitro benzene ring substituents is 1. The van der Waals surface area contributed by atoms with E-state index in [-0.39, 0.29) is 28.3 Å². The van der Waals surface area contributed by atoms with Gasteiger partial charge in [0.05, 0.1) is 33.5 Å². The van der Waals surface area contributed by atoms with Gasteiger partial charge in [-0.25, -0.2) is 4.90 Å². The second-order valence-corrected chi connectivity index (χ2v) is 6.44. The number of carbonyl (C=O) groups excluding carboxylic acids is 2. The summed E-state index contributed by atoms with van der Waals surface area (Å²) in [5.41, 5.74) is 1.37. The number of oxime groups is 1. The van der Waals surface area contributed by atoms with E-state index in [2.05, 4.69) is 10.1 Å². The molecule has 0 bridgehead atoms. The smallest absolute Gasteiger partial charge is 0.275 e. The van der Waals surface area contributed by atoms with Crippen LogP contribution >= 0.6 is 0 Å². The lowest BCUT2D eigenvalue weighted by Crippen LogP contribution is -2.29. The molecule has 0 fully saturated rings. The van der Waals surface area contributed by atoms with Crippen LogP contribution in [-0.2, 0) is 0 Å². The number of aromatic nitrogens is 1. The Labute approximate surface area is 170 Å². The number of pyridine rings is 1. The SMILES string of the molecule is CC(=NOc1cc(N2C(=O)c3ccccc3C2=O)cc([N+](=O)[O-])c1)c1cccnc1. The summed E-state index contributed by atoms with van der Waals surface area (Å²) in [6.45, 7) is 1.69. The number of rotatable bonds is 5. The molecule has 4 rings (SSSR count). The van der Waals surface area contributed by atoms with Crippen molar-refractivity contribution in [2.45, 2.75) is 6.92 Å². The highest BCUT2D eigenvalue weighted by molar-refractivity contribution is 6.34. The number of nitrogens with zero attached hydrogens (tertiary/aromatic N) is 4. The Kier molecular flexibility index (Phi) is 4.77. The molecule has 0 N–H and O–H groups in total. The minimum atomic E-state index is -0.633. The van der Waals surface area contributed by atoms with Crippen molar-refractivity contribution in [1.29, 1.82) is 0 Å². The third-order valence-corrected chi connectivity index (χ3v) is 4.51. The van der Waals surface area contributed by atoms with Crippen LogP contribution in [0.1, 0.15) is 33.2 Å². The predicted molar refractivity (Wildman–Crippen MR) is 108 cm³/mol. The van der Waals surface area contributed by atoms with Crippen LogP contribution in [0, 0.1) is 10.1 Å². The molecular formula is C21H14N4O5. The van der Waals surface area contributed by atoms with Crippen molar-refractivity contribution >= 4 is 28.9 Å². The number of hydrogen-bond donors (Lipinski definition) is 0. The first kappa shape index (κ1) is 18.9. The van der Waals surface area contributed by atoms with E-state index < -0.39 is 16.7 Å². The Morgan fingerprint density at radius 2 is 1.77 bits per heavy atom. The number of nitro groups is 1. The molecule has 0 saturated heterocycles. The predicted octanol–water partition coefficient (Wildman–Crippen LogP) is 3.59. The number of amides is 2. The molecule has 1 aliphatic heterocycles. The Bertz CT molecular complexity index is 1170. The summed E-state index contributed by atoms with van der Waals surface area (Å²) in [5, 5.41) is 15.4. The summed E-state index contributed by atoms with van der Waals surface area (Å²) in [7, 11) is 0. The molecule has 2 heterocycles. The van der Waals surface area contributed by atoms with Crippen LogP contribution in [0.4, 0.5) is 11.4 Å². The van der Waals surface area contributed by atoms with E-state index >= 15 is 0 Å². The van der Waals surface area contributed by atoms with Crippen molar-refractivity contribution < 1.29 is 19.3 Å². The third kappa shape index (κ3) is 3.39. The van der Waals surface area contributed by atoms with Gasteiger partial charge in [0.1, 0.15) is 0 Å². The second kappa shape index (κ2) is 7.55. The molecule has 0 atom stereocenters. The largest absolute Gasteiger partial charge is 0.356 e. The quantitative estimate of drug-likeness (QED) is 0.279. The van der Waals surface area contributed by atoms with E-state index in [0.29, 0.717) is 11.3 Å². The molecule has 0 radical (unpaired) electrons. The molecule has 1 aliphatic rings. The highest BCUT2D eigenvalue weighted by Crippen LogP contribution is 2.34. The number of fused-ring (bicyclic) bond motifs is 1. The van der Waals surface area contributed by atoms with E-state index in [4.69, 9.17) is 4.84 Å². The van der Waals surface area contributed by atoms with Crippen LogP contribution in [0.3, 0.4) is 0 Å². The van der Waals surface area contributed by atoms with Gasteiger partial charge in [-0.3, -0.25) is 24.7 Å². The summed E-state index contributed by atoms with van der Waals surface area (Å²) in [6.07, 6.45) is 3.21. The molecule has 0 aliphatic carbocycles. The van der Waals surface area contributed by atoms with Gasteiger partial charge in [0.2, 0.25) is 0 Å². The van der Waals surface area contributed by atoms with Gasteiger partial charge in [-0.05, 0) is 31.2 Å². The van der Waals surface area contributed by atoms with Gasteiger partial charge in [-0.15, -0.1) is 0 Å². The molecule has 2 amide bonds. The third-order valence-electron chi connectivity index (χ3n) is 4.51. The molecule has 30 heavy (non-hydrogen) atoms. The van der Waals surface area contributed by atoms with E-state index in [1.54, 1.807) is 43.6 Å². The lowest BCUT2D eigenvalue weighted by Gasteiger charge is -2.14. The molecule has 0 saturated carbocycles. The first-order valence-electron chi connectivity index (χ1n) is 8.85. The minimum Gasteiger partial charge on any atom is -0.356 e. The number of non-ortho nitro benzene ring substituents is 1. The summed E-state index contributed by atoms with van der Waals surface area (Å²) >= 11 is 0. The van der Waals surface area contributed by atoms with Crippen molar-refractivity contribution in [3.8, 4) is 5.75 Å². The first-order valence-corrected chi connectivity index (χ1v) is 8.85. The lowest BCUT2D eigenvalue weighted by atomic mass is 10.1. The van der Waals surface area contributed by atoms with Gasteiger partial charge in [-0.1, -0.05) is 17.3 Å². The second-order valence-electron chi connectivity index (χ2n) is 6.44. The van der Waals surface area contributed by atoms with Crippen molar-refractivity contribution in [3.05, 3.63) is 93.8 Å². The monoisotopic (exact) mass is 402 g/mol. The molecule has 0 spiro atoms. The molecule has 1 aromatic heterocycles. The number of imide groups is 1. The van der Waals surface area contributed by atoms with Gasteiger partial charge < -0.3 is 4.84 Å². The Balaban J connectivity index is 1.70. The maximum Gasteiger partial charge on any atom is 0.275 e. The van der Waals surface area contributed by atoms with Crippen LogP contribution in [0.25, 0.3) is 0 Å². The first-order chi connectivity index (χ1) is 14.5. The molecule has 2 aromatic carbocycles. The van der Waals surface area contributed by atoms with Gasteiger partial charge >= 0.3 is 0 Å². The molecule has 148 valence electrons. The molecule has 3 aromatic rings. The zero-order valence-electron chi connectivity index (χ0n) is 15.7. The maximum absolute atomic E-state index is 12.7. The topological polar surface area (TPSA) is 115 Å². The van der Waals surface area contributed by atoms with Gasteiger partial charge in [0.25, 0.3) is 17.5 Å². The Morgan fingerprint density at radius 1 is 1.07 bits per heavy atom. The number of benzene rings is 2. The Hall–Kier alpha value is -4.40. The van der Waals surface area contributed by atoms with Crippen molar-refractivity contribution in [3.63, 3.8) is 0 Å². The zero-order valence-corrected chi connectivity index (χ0v) is 15.7. The Morgan fingerprint density at radius 3 is 2.37 bits per heavy atom. The normalized spacial score (nSPS) is 13.4. The van der Waals surface area contributed by atoms with Crippen LogP contribution in [0.15, 0.2) is 72.1 Å². The van der Waals surface area contributed by atoms with Gasteiger partial charge in [0, 0.05) is 30.1 Å². The summed E-state index contributed by atoms with van der Waals surface area (Å²) in [5.74, 6) is -1.10. The van der Waals surface area contributed by atoms with Crippen molar-refractivity contribution in [2.24, 2.45) is 5.16 Å². The summed E-state index contributed by atoms with van der Waals surface area (Å²) in [6, 6.07) is 13.5. The standard InChI is InChI=1S/C21H14N4O5/c1-13(14-5-4-8-22-12-14)23-30-17-10-15(9-16(11-17)25(28)29)24-20(26)18-6-2-3-7-19(18)21(24)27/h2-12H,1H3. The summed E-state index contributed by atoms with van der Waals surface area (Å²) in [4.78, 5) is 46.4. The highest BCUT2D eigenvalue weighted by Gasteiger charge is 2.37. The molecule has 9 heteroatoms. The molecule has 9 nitrogen and oxygen atoms in total. The fourth-order valence-corrected chi connectivity index (χ4v) is 3.03. The summed E-state index contributed by atoms with van der Waals surface area (Å²) < 4.78 is 0. The molecule has 0 unspecified atom stereocenters. The molecular weight excluding hydrogens is 388 g/mol. The van der Waals surface area contributed by atoms with Crippen molar-refractivity contribution in [1.82, 2.24) is 4.98 Å². The minimum absolute atomic E-state index is 0.0130.